The van der Waals surface area contributed by atoms with Crippen molar-refractivity contribution in [3.8, 4) is 5.75 Å². The van der Waals surface area contributed by atoms with E-state index in [1.54, 1.807) is 12.1 Å². The largest absolute Gasteiger partial charge is 0.496 e. The van der Waals surface area contributed by atoms with Crippen molar-refractivity contribution < 1.29 is 14.8 Å². The molecule has 20 heavy (non-hydrogen) atoms. The van der Waals surface area contributed by atoms with E-state index < -0.39 is 4.92 Å². The maximum Gasteiger partial charge on any atom is 0.296 e. The summed E-state index contributed by atoms with van der Waals surface area (Å²) < 4.78 is 5.00. The smallest absolute Gasteiger partial charge is 0.296 e. The number of nitrogens with one attached hydrogen (secondary N) is 1. The van der Waals surface area contributed by atoms with Crippen LogP contribution in [-0.2, 0) is 0 Å². The normalized spacial score (nSPS) is 22.3. The van der Waals surface area contributed by atoms with Crippen LogP contribution >= 0.6 is 0 Å². The van der Waals surface area contributed by atoms with Crippen LogP contribution in [-0.4, -0.2) is 29.8 Å². The number of aliphatic hydroxyl groups excluding tert-OH is 1. The van der Waals surface area contributed by atoms with Gasteiger partial charge in [-0.25, -0.2) is 0 Å². The summed E-state index contributed by atoms with van der Waals surface area (Å²) >= 11 is 0. The highest BCUT2D eigenvalue weighted by Crippen LogP contribution is 2.30. The van der Waals surface area contributed by atoms with Gasteiger partial charge in [0.25, 0.3) is 5.69 Å². The van der Waals surface area contributed by atoms with Gasteiger partial charge in [0.1, 0.15) is 11.4 Å². The Labute approximate surface area is 117 Å². The average Bonchev–Trinajstić information content (AvgIpc) is 2.46. The van der Waals surface area contributed by atoms with Crippen LogP contribution in [0.15, 0.2) is 18.2 Å². The number of nitrogens with zero attached hydrogens (tertiary/aromatic N) is 1. The highest BCUT2D eigenvalue weighted by Gasteiger charge is 2.24. The lowest BCUT2D eigenvalue weighted by molar-refractivity contribution is -0.384. The number of hydrogen-bond donors (Lipinski definition) is 2. The maximum absolute atomic E-state index is 11.1. The van der Waals surface area contributed by atoms with Crippen molar-refractivity contribution in [2.75, 3.05) is 19.0 Å². The van der Waals surface area contributed by atoms with Gasteiger partial charge in [-0.15, -0.1) is 0 Å². The Hall–Kier alpha value is -1.82. The number of nitro groups is 1. The number of rotatable bonds is 5. The van der Waals surface area contributed by atoms with Gasteiger partial charge in [-0.1, -0.05) is 12.8 Å². The first-order valence-electron chi connectivity index (χ1n) is 6.86. The minimum atomic E-state index is -0.428. The molecule has 1 aliphatic rings. The summed E-state index contributed by atoms with van der Waals surface area (Å²) in [4.78, 5) is 10.6. The maximum atomic E-state index is 11.1. The first-order chi connectivity index (χ1) is 9.61. The number of methoxy groups -OCH3 is 1. The minimum Gasteiger partial charge on any atom is -0.496 e. The van der Waals surface area contributed by atoms with Gasteiger partial charge in [0.2, 0.25) is 0 Å². The highest BCUT2D eigenvalue weighted by atomic mass is 16.6. The van der Waals surface area contributed by atoms with Gasteiger partial charge in [-0.3, -0.25) is 10.1 Å². The van der Waals surface area contributed by atoms with Gasteiger partial charge in [-0.2, -0.15) is 0 Å². The summed E-state index contributed by atoms with van der Waals surface area (Å²) in [6, 6.07) is 4.73. The molecule has 2 N–H and O–H groups in total. The van der Waals surface area contributed by atoms with E-state index >= 15 is 0 Å². The minimum absolute atomic E-state index is 0.00495. The zero-order chi connectivity index (χ0) is 14.5. The van der Waals surface area contributed by atoms with E-state index in [0.717, 1.165) is 25.7 Å². The van der Waals surface area contributed by atoms with Gasteiger partial charge < -0.3 is 15.2 Å². The van der Waals surface area contributed by atoms with E-state index in [0.29, 0.717) is 18.0 Å². The Balaban J connectivity index is 2.06. The van der Waals surface area contributed by atoms with Gasteiger partial charge in [0, 0.05) is 12.5 Å². The van der Waals surface area contributed by atoms with Gasteiger partial charge in [0.15, 0.2) is 0 Å². The van der Waals surface area contributed by atoms with Crippen molar-refractivity contribution in [1.29, 1.82) is 0 Å². The standard InChI is InChI=1S/C14H20N2O4/c1-20-11-6-7-12(13(8-11)16(18)19)15-9-10-4-2-3-5-14(10)17/h6-8,10,14-15,17H,2-5,9H2,1H3. The van der Waals surface area contributed by atoms with Crippen LogP contribution in [0.3, 0.4) is 0 Å². The first kappa shape index (κ1) is 14.6. The molecule has 110 valence electrons. The fraction of sp³-hybridized carbons (Fsp3) is 0.571. The van der Waals surface area contributed by atoms with Gasteiger partial charge in [0.05, 0.1) is 24.2 Å². The zero-order valence-corrected chi connectivity index (χ0v) is 11.5. The summed E-state index contributed by atoms with van der Waals surface area (Å²) in [7, 11) is 1.48. The summed E-state index contributed by atoms with van der Waals surface area (Å²) in [6.45, 7) is 0.550. The molecule has 6 heteroatoms. The molecule has 6 nitrogen and oxygen atoms in total. The lowest BCUT2D eigenvalue weighted by Crippen LogP contribution is -2.30. The monoisotopic (exact) mass is 280 g/mol. The summed E-state index contributed by atoms with van der Waals surface area (Å²) in [5.41, 5.74) is 0.461. The number of aliphatic hydroxyl groups is 1. The predicted octanol–water partition coefficient (Wildman–Crippen LogP) is 2.57. The molecule has 0 amide bonds. The quantitative estimate of drug-likeness (QED) is 0.639. The molecule has 0 spiro atoms. The molecule has 0 aliphatic heterocycles. The second kappa shape index (κ2) is 6.56. The second-order valence-electron chi connectivity index (χ2n) is 5.13. The number of anilines is 1. The number of nitro benzene ring substituents is 1. The number of hydrogen-bond acceptors (Lipinski definition) is 5. The van der Waals surface area contributed by atoms with E-state index in [2.05, 4.69) is 5.32 Å². The van der Waals surface area contributed by atoms with Crippen LogP contribution in [0.4, 0.5) is 11.4 Å². The molecule has 2 atom stereocenters. The fourth-order valence-corrected chi connectivity index (χ4v) is 2.61. The third-order valence-corrected chi connectivity index (χ3v) is 3.83. The summed E-state index contributed by atoms with van der Waals surface area (Å²) in [5.74, 6) is 0.616. The molecule has 0 heterocycles. The molecule has 0 radical (unpaired) electrons. The summed E-state index contributed by atoms with van der Waals surface area (Å²) in [5, 5.41) is 24.1. The second-order valence-corrected chi connectivity index (χ2v) is 5.13. The van der Waals surface area contributed by atoms with Gasteiger partial charge >= 0.3 is 0 Å². The average molecular weight is 280 g/mol. The number of ether oxygens (including phenoxy) is 1. The molecule has 0 aromatic heterocycles. The van der Waals surface area contributed by atoms with E-state index in [1.807, 2.05) is 0 Å². The van der Waals surface area contributed by atoms with Crippen molar-refractivity contribution in [2.24, 2.45) is 5.92 Å². The fourth-order valence-electron chi connectivity index (χ4n) is 2.61. The third-order valence-electron chi connectivity index (χ3n) is 3.83. The Kier molecular flexibility index (Phi) is 4.79. The van der Waals surface area contributed by atoms with Crippen LogP contribution in [0.5, 0.6) is 5.75 Å². The number of benzene rings is 1. The lowest BCUT2D eigenvalue weighted by Gasteiger charge is -2.27. The SMILES string of the molecule is COc1ccc(NCC2CCCCC2O)c([N+](=O)[O-])c1. The lowest BCUT2D eigenvalue weighted by atomic mass is 9.86. The van der Waals surface area contributed by atoms with Crippen molar-refractivity contribution in [1.82, 2.24) is 0 Å². The molecular formula is C14H20N2O4. The summed E-state index contributed by atoms with van der Waals surface area (Å²) in [6.07, 6.45) is 3.62. The van der Waals surface area contributed by atoms with E-state index in [1.165, 1.54) is 13.2 Å². The van der Waals surface area contributed by atoms with Crippen LogP contribution in [0.25, 0.3) is 0 Å². The molecule has 1 aromatic carbocycles. The zero-order valence-electron chi connectivity index (χ0n) is 11.5. The van der Waals surface area contributed by atoms with Crippen LogP contribution in [0.1, 0.15) is 25.7 Å². The predicted molar refractivity (Wildman–Crippen MR) is 76.1 cm³/mol. The molecular weight excluding hydrogens is 260 g/mol. The Morgan fingerprint density at radius 2 is 2.20 bits per heavy atom. The van der Waals surface area contributed by atoms with Crippen molar-refractivity contribution in [3.05, 3.63) is 28.3 Å². The Morgan fingerprint density at radius 3 is 2.85 bits per heavy atom. The molecule has 1 fully saturated rings. The molecule has 1 aliphatic carbocycles. The van der Waals surface area contributed by atoms with E-state index in [9.17, 15) is 15.2 Å². The van der Waals surface area contributed by atoms with Gasteiger partial charge in [-0.05, 0) is 25.0 Å². The Bertz CT molecular complexity index is 478. The molecule has 0 bridgehead atoms. The molecule has 2 rings (SSSR count). The molecule has 0 saturated heterocycles. The third kappa shape index (κ3) is 3.39. The van der Waals surface area contributed by atoms with E-state index in [4.69, 9.17) is 4.74 Å². The molecule has 1 aromatic rings. The highest BCUT2D eigenvalue weighted by molar-refractivity contribution is 5.63. The molecule has 1 saturated carbocycles. The first-order valence-corrected chi connectivity index (χ1v) is 6.86. The van der Waals surface area contributed by atoms with Crippen molar-refractivity contribution in [3.63, 3.8) is 0 Å². The van der Waals surface area contributed by atoms with Crippen LogP contribution < -0.4 is 10.1 Å². The van der Waals surface area contributed by atoms with Crippen LogP contribution in [0, 0.1) is 16.0 Å². The van der Waals surface area contributed by atoms with Crippen molar-refractivity contribution in [2.45, 2.75) is 31.8 Å². The van der Waals surface area contributed by atoms with E-state index in [-0.39, 0.29) is 17.7 Å². The van der Waals surface area contributed by atoms with Crippen molar-refractivity contribution >= 4 is 11.4 Å². The topological polar surface area (TPSA) is 84.6 Å². The molecule has 2 unspecified atom stereocenters. The van der Waals surface area contributed by atoms with Crippen LogP contribution in [0.2, 0.25) is 0 Å². The Morgan fingerprint density at radius 1 is 1.45 bits per heavy atom.